The predicted molar refractivity (Wildman–Crippen MR) is 143 cm³/mol. The van der Waals surface area contributed by atoms with Gasteiger partial charge in [0.25, 0.3) is 0 Å². The highest BCUT2D eigenvalue weighted by Crippen LogP contribution is 2.34. The topological polar surface area (TPSA) is 91.1 Å². The molecule has 1 saturated heterocycles. The molecule has 0 spiro atoms. The summed E-state index contributed by atoms with van der Waals surface area (Å²) in [5.74, 6) is 0.920. The van der Waals surface area contributed by atoms with E-state index in [1.165, 1.54) is 0 Å². The Morgan fingerprint density at radius 2 is 1.73 bits per heavy atom. The summed E-state index contributed by atoms with van der Waals surface area (Å²) < 4.78 is 17.2. The first-order valence-corrected chi connectivity index (χ1v) is 13.2. The highest BCUT2D eigenvalue weighted by molar-refractivity contribution is 5.87. The van der Waals surface area contributed by atoms with E-state index < -0.39 is 0 Å². The Kier molecular flexibility index (Phi) is 9.88. The number of allylic oxidation sites excluding steroid dienone is 2. The fourth-order valence-corrected chi connectivity index (χ4v) is 5.25. The van der Waals surface area contributed by atoms with Gasteiger partial charge in [0.15, 0.2) is 5.78 Å². The minimum Gasteiger partial charge on any atom is -0.497 e. The largest absolute Gasteiger partial charge is 0.497 e. The van der Waals surface area contributed by atoms with E-state index in [-0.39, 0.29) is 29.8 Å². The quantitative estimate of drug-likeness (QED) is 0.344. The number of unbranched alkanes of at least 4 members (excludes halogenated alkanes) is 1. The van der Waals surface area contributed by atoms with Gasteiger partial charge in [0, 0.05) is 31.8 Å². The van der Waals surface area contributed by atoms with E-state index in [2.05, 4.69) is 41.3 Å². The number of amides is 1. The van der Waals surface area contributed by atoms with Gasteiger partial charge in [0.1, 0.15) is 5.75 Å². The van der Waals surface area contributed by atoms with E-state index in [1.807, 2.05) is 24.3 Å². The zero-order chi connectivity index (χ0) is 26.0. The minimum absolute atomic E-state index is 0.0940. The second-order valence-corrected chi connectivity index (χ2v) is 9.77. The Morgan fingerprint density at radius 3 is 2.38 bits per heavy atom. The van der Waals surface area contributed by atoms with E-state index in [4.69, 9.17) is 19.9 Å². The SMILES string of the molecule is COc1ccc(-c2ccc(CO[C@H]3CC(=O)[C@H](N4CCOCC4)[C@H]3CC=CCCCC(N)=O)cc2)cc1. The summed E-state index contributed by atoms with van der Waals surface area (Å²) in [7, 11) is 1.67. The molecule has 37 heavy (non-hydrogen) atoms. The molecule has 1 saturated carbocycles. The first kappa shape index (κ1) is 27.0. The minimum atomic E-state index is -0.271. The Labute approximate surface area is 219 Å². The molecule has 3 atom stereocenters. The molecular weight excluding hydrogens is 468 g/mol. The monoisotopic (exact) mass is 506 g/mol. The number of nitrogens with two attached hydrogens (primary N) is 1. The highest BCUT2D eigenvalue weighted by Gasteiger charge is 2.45. The first-order valence-electron chi connectivity index (χ1n) is 13.2. The third kappa shape index (κ3) is 7.51. The molecule has 0 aromatic heterocycles. The lowest BCUT2D eigenvalue weighted by molar-refractivity contribution is -0.124. The average Bonchev–Trinajstić information content (AvgIpc) is 3.24. The van der Waals surface area contributed by atoms with Gasteiger partial charge in [-0.15, -0.1) is 0 Å². The Bertz CT molecular complexity index is 1040. The second kappa shape index (κ2) is 13.5. The smallest absolute Gasteiger partial charge is 0.217 e. The van der Waals surface area contributed by atoms with Gasteiger partial charge in [-0.3, -0.25) is 14.5 Å². The maximum Gasteiger partial charge on any atom is 0.217 e. The number of ether oxygens (including phenoxy) is 3. The average molecular weight is 507 g/mol. The summed E-state index contributed by atoms with van der Waals surface area (Å²) in [4.78, 5) is 26.3. The number of carbonyl (C=O) groups is 2. The number of methoxy groups -OCH3 is 1. The van der Waals surface area contributed by atoms with Gasteiger partial charge in [0.05, 0.1) is 39.1 Å². The summed E-state index contributed by atoms with van der Waals surface area (Å²) in [6.07, 6.45) is 7.25. The van der Waals surface area contributed by atoms with Crippen molar-refractivity contribution in [1.82, 2.24) is 4.90 Å². The number of morpholine rings is 1. The van der Waals surface area contributed by atoms with Crippen LogP contribution in [0.25, 0.3) is 11.1 Å². The molecule has 2 aromatic carbocycles. The Hall–Kier alpha value is -3.00. The number of benzene rings is 2. The summed E-state index contributed by atoms with van der Waals surface area (Å²) in [6, 6.07) is 16.3. The lowest BCUT2D eigenvalue weighted by Gasteiger charge is -2.35. The molecule has 0 bridgehead atoms. The third-order valence-electron chi connectivity index (χ3n) is 7.26. The zero-order valence-corrected chi connectivity index (χ0v) is 21.6. The molecule has 2 N–H and O–H groups in total. The van der Waals surface area contributed by atoms with Crippen molar-refractivity contribution >= 4 is 11.7 Å². The van der Waals surface area contributed by atoms with Crippen LogP contribution in [0.1, 0.15) is 37.7 Å². The molecule has 7 nitrogen and oxygen atoms in total. The van der Waals surface area contributed by atoms with E-state index in [1.54, 1.807) is 7.11 Å². The molecule has 1 heterocycles. The summed E-state index contributed by atoms with van der Waals surface area (Å²) in [5, 5.41) is 0. The predicted octanol–water partition coefficient (Wildman–Crippen LogP) is 4.14. The van der Waals surface area contributed by atoms with E-state index in [9.17, 15) is 9.59 Å². The van der Waals surface area contributed by atoms with Gasteiger partial charge in [0.2, 0.25) is 5.91 Å². The number of nitrogens with zero attached hydrogens (tertiary/aromatic N) is 1. The number of Topliss-reactive ketones (excluding diaryl/α,β-unsaturated/α-hetero) is 1. The number of hydrogen-bond acceptors (Lipinski definition) is 6. The van der Waals surface area contributed by atoms with Crippen LogP contribution >= 0.6 is 0 Å². The molecule has 2 fully saturated rings. The number of rotatable bonds is 12. The van der Waals surface area contributed by atoms with Gasteiger partial charge in [-0.25, -0.2) is 0 Å². The molecule has 1 amide bonds. The third-order valence-corrected chi connectivity index (χ3v) is 7.26. The van der Waals surface area contributed by atoms with Gasteiger partial charge in [-0.2, -0.15) is 0 Å². The van der Waals surface area contributed by atoms with Crippen LogP contribution in [0, 0.1) is 5.92 Å². The van der Waals surface area contributed by atoms with Crippen molar-refractivity contribution in [3.8, 4) is 16.9 Å². The standard InChI is InChI=1S/C30H38N2O5/c1-35-25-14-12-24(13-15-25)23-10-8-22(9-11-23)21-37-28-20-27(33)30(32-16-18-36-19-17-32)26(28)6-4-2-3-5-7-29(31)34/h2,4,8-15,26,28,30H,3,5-7,16-21H2,1H3,(H2,31,34)/t26-,28-,30+/m0/s1. The second-order valence-electron chi connectivity index (χ2n) is 9.77. The van der Waals surface area contributed by atoms with Crippen LogP contribution in [0.5, 0.6) is 5.75 Å². The Morgan fingerprint density at radius 1 is 1.05 bits per heavy atom. The molecule has 4 rings (SSSR count). The lowest BCUT2D eigenvalue weighted by Crippen LogP contribution is -2.49. The number of ketones is 1. The maximum atomic E-state index is 13.1. The molecular formula is C30H38N2O5. The van der Waals surface area contributed by atoms with Crippen molar-refractivity contribution in [3.63, 3.8) is 0 Å². The first-order chi connectivity index (χ1) is 18.0. The van der Waals surface area contributed by atoms with E-state index >= 15 is 0 Å². The molecule has 2 aliphatic rings. The van der Waals surface area contributed by atoms with Crippen LogP contribution in [-0.4, -0.2) is 62.1 Å². The van der Waals surface area contributed by atoms with Crippen LogP contribution in [-0.2, 0) is 25.7 Å². The maximum absolute atomic E-state index is 13.1. The van der Waals surface area contributed by atoms with Gasteiger partial charge in [-0.05, 0) is 48.1 Å². The van der Waals surface area contributed by atoms with Crippen LogP contribution in [0.3, 0.4) is 0 Å². The molecule has 2 aromatic rings. The van der Waals surface area contributed by atoms with Crippen molar-refractivity contribution in [2.24, 2.45) is 11.7 Å². The van der Waals surface area contributed by atoms with E-state index in [0.717, 1.165) is 54.8 Å². The van der Waals surface area contributed by atoms with Crippen molar-refractivity contribution in [2.75, 3.05) is 33.4 Å². The molecule has 0 radical (unpaired) electrons. The van der Waals surface area contributed by atoms with Gasteiger partial charge >= 0.3 is 0 Å². The number of hydrogen-bond donors (Lipinski definition) is 1. The van der Waals surface area contributed by atoms with Gasteiger partial charge in [-0.1, -0.05) is 48.6 Å². The molecule has 198 valence electrons. The lowest BCUT2D eigenvalue weighted by atomic mass is 9.95. The van der Waals surface area contributed by atoms with Crippen LogP contribution in [0.15, 0.2) is 60.7 Å². The van der Waals surface area contributed by atoms with Crippen LogP contribution in [0.2, 0.25) is 0 Å². The summed E-state index contributed by atoms with van der Waals surface area (Å²) >= 11 is 0. The van der Waals surface area contributed by atoms with E-state index in [0.29, 0.717) is 32.7 Å². The van der Waals surface area contributed by atoms with Crippen molar-refractivity contribution in [1.29, 1.82) is 0 Å². The fourth-order valence-electron chi connectivity index (χ4n) is 5.25. The normalized spacial score (nSPS) is 22.5. The Balaban J connectivity index is 1.38. The molecule has 1 aliphatic carbocycles. The number of primary amides is 1. The van der Waals surface area contributed by atoms with Crippen molar-refractivity contribution in [2.45, 2.75) is 50.9 Å². The van der Waals surface area contributed by atoms with Crippen molar-refractivity contribution in [3.05, 3.63) is 66.2 Å². The zero-order valence-electron chi connectivity index (χ0n) is 21.6. The summed E-state index contributed by atoms with van der Waals surface area (Å²) in [5.41, 5.74) is 8.58. The number of carbonyl (C=O) groups excluding carboxylic acids is 2. The highest BCUT2D eigenvalue weighted by atomic mass is 16.5. The fraction of sp³-hybridized carbons (Fsp3) is 0.467. The molecule has 1 aliphatic heterocycles. The van der Waals surface area contributed by atoms with Crippen LogP contribution < -0.4 is 10.5 Å². The molecule has 7 heteroatoms. The van der Waals surface area contributed by atoms with Crippen LogP contribution in [0.4, 0.5) is 0 Å². The van der Waals surface area contributed by atoms with Crippen molar-refractivity contribution < 1.29 is 23.8 Å². The summed E-state index contributed by atoms with van der Waals surface area (Å²) in [6.45, 7) is 3.33. The van der Waals surface area contributed by atoms with Gasteiger partial charge < -0.3 is 19.9 Å². The molecule has 0 unspecified atom stereocenters.